The average Bonchev–Trinajstić information content (AvgIpc) is 3.95. The molecule has 2 saturated heterocycles. The monoisotopic (exact) mass is 919 g/mol. The van der Waals surface area contributed by atoms with E-state index in [9.17, 15) is 78.3 Å². The lowest BCUT2D eigenvalue weighted by atomic mass is 10.0. The third kappa shape index (κ3) is 15.4. The van der Waals surface area contributed by atoms with Gasteiger partial charge in [0.25, 0.3) is 0 Å². The van der Waals surface area contributed by atoms with Crippen molar-refractivity contribution < 1.29 is 78.3 Å². The number of aromatic hydroxyl groups is 1. The number of nitrogens with two attached hydrogens (primary N) is 1. The van der Waals surface area contributed by atoms with Crippen LogP contribution >= 0.6 is 0 Å². The van der Waals surface area contributed by atoms with Gasteiger partial charge in [-0.2, -0.15) is 0 Å². The SMILES string of the molecule is C[C@H](NC(=O)[C@H](C)NC(=O)[C@H](CCC(=O)O)NC(=O)[C@@H]1CCCN1C(=O)[C@H](CC(=O)O)NC(=O)[C@@H](N)Cc1ccc(O)cc1)C(=O)N[C@@H](CO)C(=O)N[C@@H](C)C(=O)N1CCC[C@H]1C(=O)O. The molecule has 0 aliphatic carbocycles. The lowest BCUT2D eigenvalue weighted by Crippen LogP contribution is -2.59. The highest BCUT2D eigenvalue weighted by Gasteiger charge is 2.41. The molecule has 0 spiro atoms. The molecule has 0 saturated carbocycles. The first-order chi connectivity index (χ1) is 30.5. The molecule has 0 bridgehead atoms. The Morgan fingerprint density at radius 1 is 0.631 bits per heavy atom. The molecule has 2 aliphatic heterocycles. The fraction of sp³-hybridized carbons (Fsp3) is 0.575. The molecule has 25 nitrogen and oxygen atoms in total. The Kier molecular flexibility index (Phi) is 19.6. The first-order valence-corrected chi connectivity index (χ1v) is 20.8. The second-order valence-corrected chi connectivity index (χ2v) is 15.8. The number of amides is 8. The van der Waals surface area contributed by atoms with Gasteiger partial charge in [-0.15, -0.1) is 0 Å². The number of phenolic OH excluding ortho intramolecular Hbond substituents is 1. The van der Waals surface area contributed by atoms with Crippen LogP contribution in [0.25, 0.3) is 0 Å². The molecule has 2 fully saturated rings. The third-order valence-electron chi connectivity index (χ3n) is 10.7. The summed E-state index contributed by atoms with van der Waals surface area (Å²) in [5.41, 5.74) is 6.58. The zero-order chi connectivity index (χ0) is 48.7. The molecular weight excluding hydrogens is 862 g/mol. The van der Waals surface area contributed by atoms with E-state index in [4.69, 9.17) is 5.73 Å². The first-order valence-electron chi connectivity index (χ1n) is 20.8. The van der Waals surface area contributed by atoms with Crippen molar-refractivity contribution in [3.8, 4) is 5.75 Å². The quantitative estimate of drug-likeness (QED) is 0.0493. The average molecular weight is 920 g/mol. The summed E-state index contributed by atoms with van der Waals surface area (Å²) in [6.07, 6.45) is -1.04. The molecule has 0 radical (unpaired) electrons. The number of aliphatic carboxylic acids is 3. The zero-order valence-corrected chi connectivity index (χ0v) is 36.0. The zero-order valence-electron chi connectivity index (χ0n) is 36.0. The highest BCUT2D eigenvalue weighted by Crippen LogP contribution is 2.21. The molecule has 13 N–H and O–H groups in total. The number of phenols is 1. The van der Waals surface area contributed by atoms with E-state index >= 15 is 0 Å². The number of hydrogen-bond acceptors (Lipinski definition) is 14. The predicted molar refractivity (Wildman–Crippen MR) is 222 cm³/mol. The van der Waals surface area contributed by atoms with Crippen LogP contribution in [0.3, 0.4) is 0 Å². The summed E-state index contributed by atoms with van der Waals surface area (Å²) in [5.74, 6) is -11.4. The number of nitrogens with one attached hydrogen (secondary N) is 6. The molecule has 1 aromatic rings. The van der Waals surface area contributed by atoms with Crippen LogP contribution < -0.4 is 37.6 Å². The third-order valence-corrected chi connectivity index (χ3v) is 10.7. The topological polar surface area (TPSA) is 394 Å². The number of carboxylic acids is 3. The van der Waals surface area contributed by atoms with E-state index < -0.39 is 145 Å². The van der Waals surface area contributed by atoms with Crippen LogP contribution in [0.1, 0.15) is 71.3 Å². The van der Waals surface area contributed by atoms with E-state index in [1.165, 1.54) is 45.0 Å². The summed E-state index contributed by atoms with van der Waals surface area (Å²) in [5, 5.41) is 61.5. The van der Waals surface area contributed by atoms with Crippen LogP contribution in [0.4, 0.5) is 0 Å². The van der Waals surface area contributed by atoms with Gasteiger partial charge in [0.2, 0.25) is 47.3 Å². The van der Waals surface area contributed by atoms with Crippen LogP contribution in [0.5, 0.6) is 5.75 Å². The van der Waals surface area contributed by atoms with Gasteiger partial charge in [0.1, 0.15) is 54.1 Å². The maximum Gasteiger partial charge on any atom is 0.326 e. The van der Waals surface area contributed by atoms with Crippen LogP contribution in [0, 0.1) is 0 Å². The fourth-order valence-corrected chi connectivity index (χ4v) is 7.13. The van der Waals surface area contributed by atoms with E-state index in [1.807, 2.05) is 0 Å². The van der Waals surface area contributed by atoms with Crippen molar-refractivity contribution in [3.63, 3.8) is 0 Å². The minimum Gasteiger partial charge on any atom is -0.508 e. The largest absolute Gasteiger partial charge is 0.508 e. The molecule has 2 heterocycles. The summed E-state index contributed by atoms with van der Waals surface area (Å²) < 4.78 is 0. The van der Waals surface area contributed by atoms with Crippen molar-refractivity contribution in [2.75, 3.05) is 19.7 Å². The number of carbonyl (C=O) groups excluding carboxylic acids is 8. The Bertz CT molecular complexity index is 1970. The Morgan fingerprint density at radius 3 is 1.69 bits per heavy atom. The van der Waals surface area contributed by atoms with E-state index in [1.54, 1.807) is 0 Å². The van der Waals surface area contributed by atoms with Gasteiger partial charge in [0, 0.05) is 19.5 Å². The number of nitrogens with zero attached hydrogens (tertiary/aromatic N) is 2. The molecular formula is C40H57N9O16. The van der Waals surface area contributed by atoms with Gasteiger partial charge in [-0.25, -0.2) is 4.79 Å². The number of carboxylic acid groups (broad SMARTS) is 3. The van der Waals surface area contributed by atoms with E-state index in [-0.39, 0.29) is 44.5 Å². The predicted octanol–water partition coefficient (Wildman–Crippen LogP) is -4.37. The molecule has 1 aromatic carbocycles. The molecule has 9 atom stereocenters. The fourth-order valence-electron chi connectivity index (χ4n) is 7.13. The second kappa shape index (κ2) is 24.2. The van der Waals surface area contributed by atoms with Crippen molar-refractivity contribution in [1.82, 2.24) is 41.7 Å². The molecule has 3 rings (SSSR count). The highest BCUT2D eigenvalue weighted by molar-refractivity contribution is 5.98. The molecule has 358 valence electrons. The summed E-state index contributed by atoms with van der Waals surface area (Å²) >= 11 is 0. The number of aliphatic hydroxyl groups excluding tert-OH is 1. The summed E-state index contributed by atoms with van der Waals surface area (Å²) in [6, 6.07) is -6.66. The summed E-state index contributed by atoms with van der Waals surface area (Å²) in [4.78, 5) is 142. The minimum absolute atomic E-state index is 0.0219. The lowest BCUT2D eigenvalue weighted by molar-refractivity contribution is -0.149. The van der Waals surface area contributed by atoms with E-state index in [0.717, 1.165) is 9.80 Å². The van der Waals surface area contributed by atoms with Gasteiger partial charge in [-0.1, -0.05) is 12.1 Å². The molecule has 65 heavy (non-hydrogen) atoms. The van der Waals surface area contributed by atoms with Crippen molar-refractivity contribution in [3.05, 3.63) is 29.8 Å². The van der Waals surface area contributed by atoms with Gasteiger partial charge in [0.15, 0.2) is 0 Å². The van der Waals surface area contributed by atoms with E-state index in [2.05, 4.69) is 31.9 Å². The highest BCUT2D eigenvalue weighted by atomic mass is 16.4. The number of benzene rings is 1. The Balaban J connectivity index is 1.61. The Labute approximate surface area is 372 Å². The molecule has 2 aliphatic rings. The smallest absolute Gasteiger partial charge is 0.326 e. The first kappa shape index (κ1) is 52.5. The Morgan fingerprint density at radius 2 is 1.14 bits per heavy atom. The minimum atomic E-state index is -1.66. The van der Waals surface area contributed by atoms with Crippen LogP contribution in [-0.4, -0.2) is 175 Å². The van der Waals surface area contributed by atoms with Crippen molar-refractivity contribution >= 4 is 65.2 Å². The van der Waals surface area contributed by atoms with Gasteiger partial charge in [0.05, 0.1) is 19.1 Å². The van der Waals surface area contributed by atoms with E-state index in [0.29, 0.717) is 12.0 Å². The van der Waals surface area contributed by atoms with Gasteiger partial charge >= 0.3 is 17.9 Å². The standard InChI is InChI=1S/C40H57N9O16/c1-19(32(56)42-20(2)33(57)47-27(18-50)36(60)44-21(3)38(62)49-15-5-7-29(49)40(64)65)43-35(59)25(12-13-30(52)53)45-37(61)28-6-4-14-48(28)39(63)26(17-31(54)55)46-34(58)24(41)16-22-8-10-23(51)11-9-22/h8-11,19-21,24-29,50-51H,4-7,12-18,41H2,1-3H3,(H,42,56)(H,43,59)(H,44,60)(H,45,61)(H,46,58)(H,47,57)(H,52,53)(H,54,55)(H,64,65)/t19-,20-,21-,24-,25-,26-,27-,28-,29-/m0/s1. The van der Waals surface area contributed by atoms with Crippen molar-refractivity contribution in [2.24, 2.45) is 5.73 Å². The van der Waals surface area contributed by atoms with Crippen LogP contribution in [0.2, 0.25) is 0 Å². The van der Waals surface area contributed by atoms with Gasteiger partial charge in [-0.05, 0) is 77.0 Å². The van der Waals surface area contributed by atoms with Crippen LogP contribution in [0.15, 0.2) is 24.3 Å². The maximum atomic E-state index is 13.7. The maximum absolute atomic E-state index is 13.7. The van der Waals surface area contributed by atoms with Gasteiger partial charge in [-0.3, -0.25) is 47.9 Å². The summed E-state index contributed by atoms with van der Waals surface area (Å²) in [6.45, 7) is 2.90. The van der Waals surface area contributed by atoms with Crippen LogP contribution in [-0.2, 0) is 59.2 Å². The molecule has 0 aromatic heterocycles. The van der Waals surface area contributed by atoms with Crippen molar-refractivity contribution in [1.29, 1.82) is 0 Å². The number of rotatable bonds is 23. The second-order valence-electron chi connectivity index (χ2n) is 15.8. The number of likely N-dealkylation sites (tertiary alicyclic amines) is 2. The number of carbonyl (C=O) groups is 11. The normalized spacial score (nSPS) is 18.9. The van der Waals surface area contributed by atoms with Crippen molar-refractivity contribution in [2.45, 2.75) is 127 Å². The molecule has 0 unspecified atom stereocenters. The summed E-state index contributed by atoms with van der Waals surface area (Å²) in [7, 11) is 0. The lowest BCUT2D eigenvalue weighted by Gasteiger charge is -2.30. The number of aliphatic hydroxyl groups is 1. The Hall–Kier alpha value is -6.89. The molecule has 8 amide bonds. The molecule has 25 heteroatoms. The number of hydrogen-bond donors (Lipinski definition) is 12. The van der Waals surface area contributed by atoms with Gasteiger partial charge < -0.3 is 73.0 Å².